The molecule has 3 rings (SSSR count). The molecular formula is C17H18BClFNO3. The first-order valence-corrected chi connectivity index (χ1v) is 8.00. The topological polar surface area (TPSA) is 40.6 Å². The first-order valence-electron chi connectivity index (χ1n) is 7.62. The number of ether oxygens (including phenoxy) is 1. The van der Waals surface area contributed by atoms with E-state index in [0.29, 0.717) is 5.75 Å². The molecule has 0 atom stereocenters. The first kappa shape index (κ1) is 17.2. The highest BCUT2D eigenvalue weighted by Crippen LogP contribution is 2.36. The Balaban J connectivity index is 1.75. The molecule has 0 spiro atoms. The van der Waals surface area contributed by atoms with Gasteiger partial charge in [0.25, 0.3) is 5.88 Å². The van der Waals surface area contributed by atoms with Gasteiger partial charge < -0.3 is 14.0 Å². The number of benzene rings is 1. The largest absolute Gasteiger partial charge is 0.494 e. The van der Waals surface area contributed by atoms with Crippen LogP contribution in [-0.4, -0.2) is 23.3 Å². The van der Waals surface area contributed by atoms with Gasteiger partial charge in [0.15, 0.2) is 5.82 Å². The van der Waals surface area contributed by atoms with Crippen molar-refractivity contribution < 1.29 is 18.4 Å². The number of pyridine rings is 1. The van der Waals surface area contributed by atoms with Crippen LogP contribution in [0.25, 0.3) is 0 Å². The number of hydrogen-bond donors (Lipinski definition) is 0. The molecule has 1 aliphatic heterocycles. The Morgan fingerprint density at radius 2 is 1.67 bits per heavy atom. The molecule has 7 heteroatoms. The number of aromatic nitrogens is 1. The van der Waals surface area contributed by atoms with Crippen LogP contribution < -0.4 is 10.2 Å². The standard InChI is InChI=1S/C17H18BClFNO3/c1-16(2)17(3,4)24-18(23-16)11-5-7-13(8-6-11)22-15-14(20)9-12(19)10-21-15/h5-10H,1-4H3. The highest BCUT2D eigenvalue weighted by Gasteiger charge is 2.51. The van der Waals surface area contributed by atoms with E-state index < -0.39 is 24.1 Å². The van der Waals surface area contributed by atoms with Crippen molar-refractivity contribution in [2.75, 3.05) is 0 Å². The van der Waals surface area contributed by atoms with Crippen LogP contribution in [0.15, 0.2) is 36.5 Å². The summed E-state index contributed by atoms with van der Waals surface area (Å²) < 4.78 is 31.1. The Morgan fingerprint density at radius 3 is 2.21 bits per heavy atom. The van der Waals surface area contributed by atoms with Crippen molar-refractivity contribution in [3.8, 4) is 11.6 Å². The predicted octanol–water partition coefficient (Wildman–Crippen LogP) is 3.97. The van der Waals surface area contributed by atoms with Crippen molar-refractivity contribution in [1.29, 1.82) is 0 Å². The number of halogens is 2. The molecule has 1 aromatic carbocycles. The third-order valence-corrected chi connectivity index (χ3v) is 4.60. The fourth-order valence-electron chi connectivity index (χ4n) is 2.26. The van der Waals surface area contributed by atoms with Crippen molar-refractivity contribution in [1.82, 2.24) is 4.98 Å². The summed E-state index contributed by atoms with van der Waals surface area (Å²) in [7, 11) is -0.450. The summed E-state index contributed by atoms with van der Waals surface area (Å²) in [6.07, 6.45) is 1.33. The van der Waals surface area contributed by atoms with Gasteiger partial charge in [-0.15, -0.1) is 0 Å². The molecule has 1 aliphatic rings. The van der Waals surface area contributed by atoms with E-state index in [4.69, 9.17) is 25.6 Å². The smallest absolute Gasteiger partial charge is 0.436 e. The maximum Gasteiger partial charge on any atom is 0.494 e. The average Bonchev–Trinajstić information content (AvgIpc) is 2.71. The minimum absolute atomic E-state index is 0.122. The van der Waals surface area contributed by atoms with E-state index in [2.05, 4.69) is 4.98 Å². The second kappa shape index (κ2) is 6.03. The van der Waals surface area contributed by atoms with E-state index in [1.54, 1.807) is 12.1 Å². The zero-order valence-electron chi connectivity index (χ0n) is 14.0. The summed E-state index contributed by atoms with van der Waals surface area (Å²) in [6, 6.07) is 8.24. The second-order valence-electron chi connectivity index (χ2n) is 6.70. The molecule has 1 saturated heterocycles. The van der Waals surface area contributed by atoms with Crippen LogP contribution in [0.5, 0.6) is 11.6 Å². The maximum atomic E-state index is 13.7. The highest BCUT2D eigenvalue weighted by molar-refractivity contribution is 6.62. The highest BCUT2D eigenvalue weighted by atomic mass is 35.5. The molecule has 1 fully saturated rings. The lowest BCUT2D eigenvalue weighted by Gasteiger charge is -2.32. The zero-order chi connectivity index (χ0) is 17.5. The van der Waals surface area contributed by atoms with Crippen LogP contribution in [0.2, 0.25) is 5.02 Å². The Kier molecular flexibility index (Phi) is 4.32. The molecule has 0 N–H and O–H groups in total. The summed E-state index contributed by atoms with van der Waals surface area (Å²) in [5, 5.41) is 0.218. The van der Waals surface area contributed by atoms with Crippen molar-refractivity contribution in [3.05, 3.63) is 47.4 Å². The van der Waals surface area contributed by atoms with Gasteiger partial charge >= 0.3 is 7.12 Å². The van der Waals surface area contributed by atoms with Crippen molar-refractivity contribution in [3.63, 3.8) is 0 Å². The summed E-state index contributed by atoms with van der Waals surface area (Å²) >= 11 is 5.67. The summed E-state index contributed by atoms with van der Waals surface area (Å²) in [6.45, 7) is 8.00. The van der Waals surface area contributed by atoms with Crippen LogP contribution in [0.3, 0.4) is 0 Å². The molecule has 1 aromatic heterocycles. The molecule has 0 unspecified atom stereocenters. The molecule has 0 aliphatic carbocycles. The molecule has 2 aromatic rings. The minimum Gasteiger partial charge on any atom is -0.436 e. The molecule has 4 nitrogen and oxygen atoms in total. The molecular weight excluding hydrogens is 331 g/mol. The van der Waals surface area contributed by atoms with E-state index in [1.165, 1.54) is 6.20 Å². The second-order valence-corrected chi connectivity index (χ2v) is 7.14. The third kappa shape index (κ3) is 3.27. The van der Waals surface area contributed by atoms with Gasteiger partial charge in [0.2, 0.25) is 0 Å². The SMILES string of the molecule is CC1(C)OB(c2ccc(Oc3ncc(Cl)cc3F)cc2)OC1(C)C. The molecule has 0 amide bonds. The summed E-state index contributed by atoms with van der Waals surface area (Å²) in [4.78, 5) is 3.83. The number of nitrogens with zero attached hydrogens (tertiary/aromatic N) is 1. The number of hydrogen-bond acceptors (Lipinski definition) is 4. The minimum atomic E-state index is -0.613. The molecule has 0 bridgehead atoms. The van der Waals surface area contributed by atoms with E-state index in [0.717, 1.165) is 11.5 Å². The Morgan fingerprint density at radius 1 is 1.08 bits per heavy atom. The van der Waals surface area contributed by atoms with Gasteiger partial charge in [-0.3, -0.25) is 0 Å². The fraction of sp³-hybridized carbons (Fsp3) is 0.353. The lowest BCUT2D eigenvalue weighted by molar-refractivity contribution is 0.00578. The summed E-state index contributed by atoms with van der Waals surface area (Å²) in [5.74, 6) is -0.274. The van der Waals surface area contributed by atoms with E-state index in [-0.39, 0.29) is 10.9 Å². The van der Waals surface area contributed by atoms with Crippen LogP contribution >= 0.6 is 11.6 Å². The molecule has 0 radical (unpaired) electrons. The monoisotopic (exact) mass is 349 g/mol. The van der Waals surface area contributed by atoms with Crippen molar-refractivity contribution in [2.24, 2.45) is 0 Å². The van der Waals surface area contributed by atoms with E-state index in [1.807, 2.05) is 39.8 Å². The predicted molar refractivity (Wildman–Crippen MR) is 91.4 cm³/mol. The van der Waals surface area contributed by atoms with Gasteiger partial charge in [0.05, 0.1) is 16.2 Å². The number of rotatable bonds is 3. The van der Waals surface area contributed by atoms with Crippen molar-refractivity contribution >= 4 is 24.2 Å². The Labute approximate surface area is 146 Å². The molecule has 0 saturated carbocycles. The lowest BCUT2D eigenvalue weighted by atomic mass is 9.79. The molecule has 24 heavy (non-hydrogen) atoms. The van der Waals surface area contributed by atoms with Gasteiger partial charge in [0, 0.05) is 6.20 Å². The van der Waals surface area contributed by atoms with Gasteiger partial charge in [0.1, 0.15) is 5.75 Å². The maximum absolute atomic E-state index is 13.7. The normalized spacial score (nSPS) is 18.7. The lowest BCUT2D eigenvalue weighted by Crippen LogP contribution is -2.41. The average molecular weight is 350 g/mol. The zero-order valence-corrected chi connectivity index (χ0v) is 14.7. The van der Waals surface area contributed by atoms with E-state index in [9.17, 15) is 4.39 Å². The van der Waals surface area contributed by atoms with Gasteiger partial charge in [-0.25, -0.2) is 9.37 Å². The van der Waals surface area contributed by atoms with Crippen LogP contribution in [0.1, 0.15) is 27.7 Å². The third-order valence-electron chi connectivity index (χ3n) is 4.39. The van der Waals surface area contributed by atoms with Crippen LogP contribution in [-0.2, 0) is 9.31 Å². The first-order chi connectivity index (χ1) is 11.2. The Hall–Kier alpha value is -1.63. The van der Waals surface area contributed by atoms with Gasteiger partial charge in [-0.1, -0.05) is 23.7 Å². The summed E-state index contributed by atoms with van der Waals surface area (Å²) in [5.41, 5.74) is 0.0670. The van der Waals surface area contributed by atoms with Crippen LogP contribution in [0, 0.1) is 5.82 Å². The molecule has 126 valence electrons. The van der Waals surface area contributed by atoms with E-state index >= 15 is 0 Å². The van der Waals surface area contributed by atoms with Crippen molar-refractivity contribution in [2.45, 2.75) is 38.9 Å². The quantitative estimate of drug-likeness (QED) is 0.786. The van der Waals surface area contributed by atoms with Crippen LogP contribution in [0.4, 0.5) is 4.39 Å². The molecule has 2 heterocycles. The van der Waals surface area contributed by atoms with Gasteiger partial charge in [-0.05, 0) is 51.4 Å². The Bertz CT molecular complexity index is 736. The fourth-order valence-corrected chi connectivity index (χ4v) is 2.41. The van der Waals surface area contributed by atoms with Gasteiger partial charge in [-0.2, -0.15) is 0 Å².